The molecule has 4 rings (SSSR count). The molecule has 0 radical (unpaired) electrons. The second-order valence-electron chi connectivity index (χ2n) is 6.30. The number of hydrogen-bond donors (Lipinski definition) is 2. The van der Waals surface area contributed by atoms with Crippen molar-refractivity contribution in [2.24, 2.45) is 0 Å². The van der Waals surface area contributed by atoms with Gasteiger partial charge in [0.25, 0.3) is 0 Å². The SMILES string of the molecule is O=C1CC=CC2(CCNCC2)N1Cc1cccc2[nH]ccc12. The summed E-state index contributed by atoms with van der Waals surface area (Å²) >= 11 is 0. The van der Waals surface area contributed by atoms with E-state index in [1.165, 1.54) is 10.9 Å². The van der Waals surface area contributed by atoms with Gasteiger partial charge in [0.05, 0.1) is 5.54 Å². The Morgan fingerprint density at radius 2 is 2.05 bits per heavy atom. The molecule has 0 saturated carbocycles. The molecule has 3 heterocycles. The highest BCUT2D eigenvalue weighted by atomic mass is 16.2. The Morgan fingerprint density at radius 1 is 1.18 bits per heavy atom. The second kappa shape index (κ2) is 5.29. The van der Waals surface area contributed by atoms with Crippen molar-refractivity contribution in [2.45, 2.75) is 31.3 Å². The average molecular weight is 295 g/mol. The number of hydrogen-bond acceptors (Lipinski definition) is 2. The van der Waals surface area contributed by atoms with Crippen molar-refractivity contribution in [1.82, 2.24) is 15.2 Å². The number of aromatic nitrogens is 1. The van der Waals surface area contributed by atoms with Crippen LogP contribution in [0.15, 0.2) is 42.6 Å². The highest BCUT2D eigenvalue weighted by Gasteiger charge is 2.40. The highest BCUT2D eigenvalue weighted by molar-refractivity contribution is 5.84. The monoisotopic (exact) mass is 295 g/mol. The largest absolute Gasteiger partial charge is 0.361 e. The van der Waals surface area contributed by atoms with E-state index in [1.54, 1.807) is 0 Å². The van der Waals surface area contributed by atoms with E-state index in [9.17, 15) is 4.79 Å². The summed E-state index contributed by atoms with van der Waals surface area (Å²) in [6.45, 7) is 2.64. The molecule has 1 amide bonds. The minimum absolute atomic E-state index is 0.0982. The topological polar surface area (TPSA) is 48.1 Å². The normalized spacial score (nSPS) is 20.9. The van der Waals surface area contributed by atoms with Gasteiger partial charge in [-0.1, -0.05) is 24.3 Å². The summed E-state index contributed by atoms with van der Waals surface area (Å²) in [5, 5.41) is 4.62. The third kappa shape index (κ3) is 2.15. The van der Waals surface area contributed by atoms with Gasteiger partial charge in [0, 0.05) is 30.1 Å². The fourth-order valence-electron chi connectivity index (χ4n) is 3.83. The maximum atomic E-state index is 12.6. The first-order chi connectivity index (χ1) is 10.8. The molecular weight excluding hydrogens is 274 g/mol. The van der Waals surface area contributed by atoms with Crippen LogP contribution in [0.5, 0.6) is 0 Å². The summed E-state index contributed by atoms with van der Waals surface area (Å²) in [6, 6.07) is 8.38. The van der Waals surface area contributed by atoms with Gasteiger partial charge in [-0.15, -0.1) is 0 Å². The van der Waals surface area contributed by atoms with Crippen LogP contribution in [0.2, 0.25) is 0 Å². The Labute approximate surface area is 130 Å². The number of amides is 1. The van der Waals surface area contributed by atoms with Crippen molar-refractivity contribution in [3.05, 3.63) is 48.2 Å². The van der Waals surface area contributed by atoms with Crippen LogP contribution in [0.3, 0.4) is 0 Å². The molecule has 1 aromatic carbocycles. The Bertz CT molecular complexity index is 725. The van der Waals surface area contributed by atoms with Crippen molar-refractivity contribution in [1.29, 1.82) is 0 Å². The van der Waals surface area contributed by atoms with Gasteiger partial charge in [0.2, 0.25) is 5.91 Å². The zero-order valence-corrected chi connectivity index (χ0v) is 12.6. The van der Waals surface area contributed by atoms with Crippen molar-refractivity contribution < 1.29 is 4.79 Å². The Hall–Kier alpha value is -2.07. The van der Waals surface area contributed by atoms with Gasteiger partial charge in [0.1, 0.15) is 0 Å². The summed E-state index contributed by atoms with van der Waals surface area (Å²) in [6.07, 6.45) is 8.81. The predicted octanol–water partition coefficient (Wildman–Crippen LogP) is 2.58. The molecule has 0 atom stereocenters. The first-order valence-electron chi connectivity index (χ1n) is 8.02. The Kier molecular flexibility index (Phi) is 3.26. The fourth-order valence-corrected chi connectivity index (χ4v) is 3.83. The van der Waals surface area contributed by atoms with E-state index in [0.717, 1.165) is 31.4 Å². The molecule has 2 N–H and O–H groups in total. The summed E-state index contributed by atoms with van der Waals surface area (Å²) in [5.74, 6) is 0.247. The first-order valence-corrected chi connectivity index (χ1v) is 8.02. The van der Waals surface area contributed by atoms with Crippen molar-refractivity contribution in [2.75, 3.05) is 13.1 Å². The number of rotatable bonds is 2. The lowest BCUT2D eigenvalue weighted by molar-refractivity contribution is -0.137. The lowest BCUT2D eigenvalue weighted by Crippen LogP contribution is -2.56. The molecule has 114 valence electrons. The van der Waals surface area contributed by atoms with Crippen LogP contribution in [-0.2, 0) is 11.3 Å². The second-order valence-corrected chi connectivity index (χ2v) is 6.30. The number of H-pyrrole nitrogens is 1. The predicted molar refractivity (Wildman–Crippen MR) is 87.4 cm³/mol. The van der Waals surface area contributed by atoms with E-state index in [2.05, 4.69) is 51.6 Å². The molecule has 1 saturated heterocycles. The molecule has 1 aromatic heterocycles. The van der Waals surface area contributed by atoms with Crippen LogP contribution in [0.4, 0.5) is 0 Å². The first kappa shape index (κ1) is 13.6. The lowest BCUT2D eigenvalue weighted by atomic mass is 9.83. The van der Waals surface area contributed by atoms with Crippen LogP contribution < -0.4 is 5.32 Å². The van der Waals surface area contributed by atoms with E-state index in [4.69, 9.17) is 0 Å². The van der Waals surface area contributed by atoms with Crippen LogP contribution >= 0.6 is 0 Å². The quantitative estimate of drug-likeness (QED) is 0.837. The number of piperidine rings is 1. The van der Waals surface area contributed by atoms with Gasteiger partial charge in [0.15, 0.2) is 0 Å². The van der Waals surface area contributed by atoms with Gasteiger partial charge in [-0.25, -0.2) is 0 Å². The van der Waals surface area contributed by atoms with E-state index in [-0.39, 0.29) is 11.4 Å². The zero-order valence-electron chi connectivity index (χ0n) is 12.6. The van der Waals surface area contributed by atoms with Crippen molar-refractivity contribution >= 4 is 16.8 Å². The van der Waals surface area contributed by atoms with Crippen LogP contribution in [0.25, 0.3) is 10.9 Å². The molecule has 0 aliphatic carbocycles. The lowest BCUT2D eigenvalue weighted by Gasteiger charge is -2.47. The van der Waals surface area contributed by atoms with Gasteiger partial charge >= 0.3 is 0 Å². The minimum atomic E-state index is -0.0982. The molecule has 2 aromatic rings. The van der Waals surface area contributed by atoms with Crippen molar-refractivity contribution in [3.8, 4) is 0 Å². The molecule has 1 fully saturated rings. The fraction of sp³-hybridized carbons (Fsp3) is 0.389. The third-order valence-corrected chi connectivity index (χ3v) is 5.04. The van der Waals surface area contributed by atoms with Gasteiger partial charge in [-0.2, -0.15) is 0 Å². The number of benzene rings is 1. The summed E-state index contributed by atoms with van der Waals surface area (Å²) in [4.78, 5) is 18.0. The summed E-state index contributed by atoms with van der Waals surface area (Å²) in [7, 11) is 0. The number of aromatic amines is 1. The molecule has 2 aliphatic heterocycles. The van der Waals surface area contributed by atoms with E-state index in [0.29, 0.717) is 13.0 Å². The third-order valence-electron chi connectivity index (χ3n) is 5.04. The van der Waals surface area contributed by atoms with E-state index < -0.39 is 0 Å². The molecule has 2 aliphatic rings. The summed E-state index contributed by atoms with van der Waals surface area (Å²) in [5.41, 5.74) is 2.26. The van der Waals surface area contributed by atoms with Gasteiger partial charge < -0.3 is 15.2 Å². The van der Waals surface area contributed by atoms with Crippen LogP contribution in [0, 0.1) is 0 Å². The Morgan fingerprint density at radius 3 is 2.91 bits per heavy atom. The molecule has 0 bridgehead atoms. The number of nitrogens with zero attached hydrogens (tertiary/aromatic N) is 1. The molecule has 0 unspecified atom stereocenters. The van der Waals surface area contributed by atoms with Crippen molar-refractivity contribution in [3.63, 3.8) is 0 Å². The molecule has 4 heteroatoms. The van der Waals surface area contributed by atoms with Gasteiger partial charge in [-0.05, 0) is 43.6 Å². The van der Waals surface area contributed by atoms with E-state index in [1.807, 2.05) is 6.20 Å². The van der Waals surface area contributed by atoms with Gasteiger partial charge in [-0.3, -0.25) is 4.79 Å². The number of nitrogens with one attached hydrogen (secondary N) is 2. The number of carbonyl (C=O) groups is 1. The molecular formula is C18H21N3O. The maximum Gasteiger partial charge on any atom is 0.227 e. The van der Waals surface area contributed by atoms with E-state index >= 15 is 0 Å². The smallest absolute Gasteiger partial charge is 0.227 e. The minimum Gasteiger partial charge on any atom is -0.361 e. The Balaban J connectivity index is 1.71. The summed E-state index contributed by atoms with van der Waals surface area (Å²) < 4.78 is 0. The maximum absolute atomic E-state index is 12.6. The average Bonchev–Trinajstić information content (AvgIpc) is 3.01. The highest BCUT2D eigenvalue weighted by Crippen LogP contribution is 2.34. The zero-order chi connectivity index (χ0) is 15.0. The number of fused-ring (bicyclic) bond motifs is 1. The molecule has 22 heavy (non-hydrogen) atoms. The van der Waals surface area contributed by atoms with Crippen LogP contribution in [-0.4, -0.2) is 34.4 Å². The molecule has 4 nitrogen and oxygen atoms in total. The van der Waals surface area contributed by atoms with Crippen LogP contribution in [0.1, 0.15) is 24.8 Å². The number of carbonyl (C=O) groups excluding carboxylic acids is 1. The standard InChI is InChI=1S/C18H21N3O/c22-17-5-2-7-18(8-11-19-12-9-18)21(17)13-14-3-1-4-16-15(14)6-10-20-16/h1-4,6-7,10,19-20H,5,8-9,11-13H2. The molecule has 1 spiro atoms.